The molecule has 23 heavy (non-hydrogen) atoms. The Bertz CT molecular complexity index is 711. The zero-order chi connectivity index (χ0) is 16.4. The van der Waals surface area contributed by atoms with Gasteiger partial charge in [0.05, 0.1) is 13.0 Å². The predicted octanol–water partition coefficient (Wildman–Crippen LogP) is 1.93. The van der Waals surface area contributed by atoms with Crippen LogP contribution < -0.4 is 9.64 Å². The van der Waals surface area contributed by atoms with Gasteiger partial charge in [-0.2, -0.15) is 5.10 Å². The molecule has 1 aliphatic rings. The fourth-order valence-electron chi connectivity index (χ4n) is 2.95. The highest BCUT2D eigenvalue weighted by Crippen LogP contribution is 2.36. The van der Waals surface area contributed by atoms with Gasteiger partial charge >= 0.3 is 5.97 Å². The summed E-state index contributed by atoms with van der Waals surface area (Å²) in [5, 5.41) is 17.3. The zero-order valence-electron chi connectivity index (χ0n) is 12.5. The number of methoxy groups -OCH3 is 1. The number of carboxylic acid groups (broad SMARTS) is 1. The van der Waals surface area contributed by atoms with Crippen molar-refractivity contribution < 1.29 is 19.0 Å². The van der Waals surface area contributed by atoms with Crippen LogP contribution >= 0.6 is 0 Å². The number of rotatable bonds is 4. The average Bonchev–Trinajstić information content (AvgIpc) is 3.01. The first-order valence-electron chi connectivity index (χ1n) is 7.19. The van der Waals surface area contributed by atoms with Gasteiger partial charge < -0.3 is 14.7 Å². The standard InChI is InChI=1S/C16H16FN3O3/c1-23-10-4-5-11(14(17)7-10)12-8-20(9-13(12)16(21)22)15-3-2-6-18-19-15/h2-7,12-13H,8-9H2,1H3,(H,21,22). The van der Waals surface area contributed by atoms with Crippen LogP contribution in [0.3, 0.4) is 0 Å². The summed E-state index contributed by atoms with van der Waals surface area (Å²) in [6.07, 6.45) is 1.55. The summed E-state index contributed by atoms with van der Waals surface area (Å²) in [4.78, 5) is 13.4. The van der Waals surface area contributed by atoms with Crippen LogP contribution in [0.1, 0.15) is 11.5 Å². The lowest BCUT2D eigenvalue weighted by atomic mass is 9.88. The van der Waals surface area contributed by atoms with E-state index >= 15 is 0 Å². The number of nitrogens with zero attached hydrogens (tertiary/aromatic N) is 3. The van der Waals surface area contributed by atoms with E-state index in [1.54, 1.807) is 30.5 Å². The van der Waals surface area contributed by atoms with Crippen LogP contribution in [0.15, 0.2) is 36.5 Å². The fourth-order valence-corrected chi connectivity index (χ4v) is 2.95. The van der Waals surface area contributed by atoms with Crippen molar-refractivity contribution in [1.29, 1.82) is 0 Å². The second-order valence-electron chi connectivity index (χ2n) is 5.43. The van der Waals surface area contributed by atoms with E-state index in [4.69, 9.17) is 4.74 Å². The Kier molecular flexibility index (Phi) is 4.10. The second kappa shape index (κ2) is 6.20. The van der Waals surface area contributed by atoms with Crippen LogP contribution in [0.5, 0.6) is 5.75 Å². The zero-order valence-corrected chi connectivity index (χ0v) is 12.5. The van der Waals surface area contributed by atoms with E-state index in [0.29, 0.717) is 23.7 Å². The first-order valence-corrected chi connectivity index (χ1v) is 7.19. The molecule has 2 heterocycles. The first-order chi connectivity index (χ1) is 11.1. The molecule has 0 saturated carbocycles. The van der Waals surface area contributed by atoms with Crippen LogP contribution in [-0.4, -0.2) is 41.5 Å². The Hall–Kier alpha value is -2.70. The number of benzene rings is 1. The third-order valence-corrected chi connectivity index (χ3v) is 4.13. The predicted molar refractivity (Wildman–Crippen MR) is 81.1 cm³/mol. The summed E-state index contributed by atoms with van der Waals surface area (Å²) >= 11 is 0. The molecule has 1 aromatic carbocycles. The van der Waals surface area contributed by atoms with Crippen molar-refractivity contribution in [2.75, 3.05) is 25.1 Å². The molecule has 3 rings (SSSR count). The van der Waals surface area contributed by atoms with Crippen molar-refractivity contribution >= 4 is 11.8 Å². The van der Waals surface area contributed by atoms with Crippen molar-refractivity contribution in [2.24, 2.45) is 5.92 Å². The minimum atomic E-state index is -0.948. The molecule has 2 unspecified atom stereocenters. The summed E-state index contributed by atoms with van der Waals surface area (Å²) < 4.78 is 19.3. The number of halogens is 1. The normalized spacial score (nSPS) is 20.5. The van der Waals surface area contributed by atoms with E-state index in [-0.39, 0.29) is 6.54 Å². The number of carbonyl (C=O) groups is 1. The molecule has 1 fully saturated rings. The number of aliphatic carboxylic acids is 1. The van der Waals surface area contributed by atoms with Gasteiger partial charge in [0, 0.05) is 31.3 Å². The Morgan fingerprint density at radius 2 is 2.22 bits per heavy atom. The van der Waals surface area contributed by atoms with Crippen molar-refractivity contribution in [2.45, 2.75) is 5.92 Å². The number of aromatic nitrogens is 2. The largest absolute Gasteiger partial charge is 0.497 e. The highest BCUT2D eigenvalue weighted by Gasteiger charge is 2.40. The molecule has 1 N–H and O–H groups in total. The molecule has 0 amide bonds. The Morgan fingerprint density at radius 3 is 2.83 bits per heavy atom. The quantitative estimate of drug-likeness (QED) is 0.928. The monoisotopic (exact) mass is 317 g/mol. The lowest BCUT2D eigenvalue weighted by Crippen LogP contribution is -2.23. The van der Waals surface area contributed by atoms with Crippen molar-refractivity contribution in [3.63, 3.8) is 0 Å². The minimum Gasteiger partial charge on any atom is -0.497 e. The summed E-state index contributed by atoms with van der Waals surface area (Å²) in [7, 11) is 1.46. The van der Waals surface area contributed by atoms with Crippen molar-refractivity contribution in [3.05, 3.63) is 47.9 Å². The molecule has 1 saturated heterocycles. The molecule has 6 nitrogen and oxygen atoms in total. The minimum absolute atomic E-state index is 0.268. The maximum absolute atomic E-state index is 14.3. The van der Waals surface area contributed by atoms with Crippen LogP contribution in [-0.2, 0) is 4.79 Å². The molecule has 0 aliphatic carbocycles. The smallest absolute Gasteiger partial charge is 0.308 e. The summed E-state index contributed by atoms with van der Waals surface area (Å²) in [6.45, 7) is 0.642. The molecule has 0 spiro atoms. The number of anilines is 1. The molecule has 7 heteroatoms. The molecular formula is C16H16FN3O3. The van der Waals surface area contributed by atoms with Gasteiger partial charge in [-0.1, -0.05) is 6.07 Å². The third-order valence-electron chi connectivity index (χ3n) is 4.13. The Balaban J connectivity index is 1.92. The molecule has 0 radical (unpaired) electrons. The van der Waals surface area contributed by atoms with Gasteiger partial charge in [-0.25, -0.2) is 4.39 Å². The number of carboxylic acids is 1. The maximum Gasteiger partial charge on any atom is 0.308 e. The van der Waals surface area contributed by atoms with Gasteiger partial charge in [0.25, 0.3) is 0 Å². The van der Waals surface area contributed by atoms with Gasteiger partial charge in [0.15, 0.2) is 5.82 Å². The van der Waals surface area contributed by atoms with Crippen LogP contribution in [0.4, 0.5) is 10.2 Å². The Morgan fingerprint density at radius 1 is 1.39 bits per heavy atom. The Labute approximate surface area is 132 Å². The molecule has 1 aliphatic heterocycles. The summed E-state index contributed by atoms with van der Waals surface area (Å²) in [5.41, 5.74) is 0.379. The van der Waals surface area contributed by atoms with Crippen LogP contribution in [0.25, 0.3) is 0 Å². The molecule has 0 bridgehead atoms. The topological polar surface area (TPSA) is 75.5 Å². The van der Waals surface area contributed by atoms with E-state index in [9.17, 15) is 14.3 Å². The molecule has 2 aromatic rings. The van der Waals surface area contributed by atoms with Gasteiger partial charge in [-0.3, -0.25) is 4.79 Å². The number of hydrogen-bond donors (Lipinski definition) is 1. The fraction of sp³-hybridized carbons (Fsp3) is 0.312. The van der Waals surface area contributed by atoms with Crippen molar-refractivity contribution in [3.8, 4) is 5.75 Å². The molecule has 120 valence electrons. The second-order valence-corrected chi connectivity index (χ2v) is 5.43. The molecule has 2 atom stereocenters. The van der Waals surface area contributed by atoms with Gasteiger partial charge in [0.2, 0.25) is 0 Å². The molecule has 1 aromatic heterocycles. The number of ether oxygens (including phenoxy) is 1. The maximum atomic E-state index is 14.3. The lowest BCUT2D eigenvalue weighted by Gasteiger charge is -2.17. The van der Waals surface area contributed by atoms with Gasteiger partial charge in [0.1, 0.15) is 11.6 Å². The van der Waals surface area contributed by atoms with E-state index < -0.39 is 23.6 Å². The molecular weight excluding hydrogens is 301 g/mol. The van der Waals surface area contributed by atoms with Gasteiger partial charge in [-0.15, -0.1) is 5.10 Å². The first kappa shape index (κ1) is 15.2. The highest BCUT2D eigenvalue weighted by atomic mass is 19.1. The van der Waals surface area contributed by atoms with E-state index in [1.165, 1.54) is 13.2 Å². The van der Waals surface area contributed by atoms with E-state index in [2.05, 4.69) is 10.2 Å². The lowest BCUT2D eigenvalue weighted by molar-refractivity contribution is -0.141. The summed E-state index contributed by atoms with van der Waals surface area (Å²) in [6, 6.07) is 8.01. The average molecular weight is 317 g/mol. The SMILES string of the molecule is COc1ccc(C2CN(c3cccnn3)CC2C(=O)O)c(F)c1. The van der Waals surface area contributed by atoms with Crippen LogP contribution in [0.2, 0.25) is 0 Å². The van der Waals surface area contributed by atoms with Crippen molar-refractivity contribution in [1.82, 2.24) is 10.2 Å². The van der Waals surface area contributed by atoms with Gasteiger partial charge in [-0.05, 0) is 23.8 Å². The van der Waals surface area contributed by atoms with Crippen LogP contribution in [0, 0.1) is 11.7 Å². The van der Waals surface area contributed by atoms with E-state index in [0.717, 1.165) is 0 Å². The summed E-state index contributed by atoms with van der Waals surface area (Å²) in [5.74, 6) is -1.57. The highest BCUT2D eigenvalue weighted by molar-refractivity contribution is 5.74. The van der Waals surface area contributed by atoms with E-state index in [1.807, 2.05) is 4.90 Å². The third kappa shape index (κ3) is 2.94. The number of hydrogen-bond acceptors (Lipinski definition) is 5.